The number of hydrogen-bond acceptors (Lipinski definition) is 4. The van der Waals surface area contributed by atoms with Crippen LogP contribution >= 0.6 is 0 Å². The number of rotatable bonds is 6. The molecule has 0 aliphatic carbocycles. The van der Waals surface area contributed by atoms with Crippen LogP contribution in [0.5, 0.6) is 0 Å². The maximum absolute atomic E-state index is 12.6. The lowest BCUT2D eigenvalue weighted by molar-refractivity contribution is -0.116. The van der Waals surface area contributed by atoms with Gasteiger partial charge in [0.1, 0.15) is 6.54 Å². The highest BCUT2D eigenvalue weighted by atomic mass is 16.3. The Morgan fingerprint density at radius 1 is 1.19 bits per heavy atom. The van der Waals surface area contributed by atoms with Crippen LogP contribution in [0.3, 0.4) is 0 Å². The SMILES string of the molecule is Cc1cccc(NC(=O)Cn2c(NC[C@H](C)O)nc3ccccc32)c1C. The van der Waals surface area contributed by atoms with Crippen molar-refractivity contribution in [2.75, 3.05) is 17.2 Å². The lowest BCUT2D eigenvalue weighted by Crippen LogP contribution is -2.23. The van der Waals surface area contributed by atoms with Gasteiger partial charge >= 0.3 is 0 Å². The Balaban J connectivity index is 1.85. The van der Waals surface area contributed by atoms with E-state index in [1.54, 1.807) is 6.92 Å². The molecule has 0 aliphatic heterocycles. The average molecular weight is 352 g/mol. The molecule has 0 spiro atoms. The Hall–Kier alpha value is -2.86. The van der Waals surface area contributed by atoms with Gasteiger partial charge < -0.3 is 20.3 Å². The average Bonchev–Trinajstić information content (AvgIpc) is 2.95. The highest BCUT2D eigenvalue weighted by Gasteiger charge is 2.14. The molecule has 0 saturated heterocycles. The van der Waals surface area contributed by atoms with E-state index >= 15 is 0 Å². The molecular weight excluding hydrogens is 328 g/mol. The van der Waals surface area contributed by atoms with Crippen LogP contribution in [-0.4, -0.2) is 33.2 Å². The molecule has 136 valence electrons. The third-order valence-electron chi connectivity index (χ3n) is 4.39. The van der Waals surface area contributed by atoms with E-state index in [0.29, 0.717) is 12.5 Å². The Bertz CT molecular complexity index is 931. The second-order valence-corrected chi connectivity index (χ2v) is 6.54. The summed E-state index contributed by atoms with van der Waals surface area (Å²) in [6, 6.07) is 13.5. The van der Waals surface area contributed by atoms with Crippen molar-refractivity contribution >= 4 is 28.6 Å². The van der Waals surface area contributed by atoms with Crippen molar-refractivity contribution < 1.29 is 9.90 Å². The number of para-hydroxylation sites is 2. The third kappa shape index (κ3) is 3.86. The van der Waals surface area contributed by atoms with E-state index in [-0.39, 0.29) is 12.5 Å². The highest BCUT2D eigenvalue weighted by Crippen LogP contribution is 2.21. The van der Waals surface area contributed by atoms with Crippen molar-refractivity contribution in [3.63, 3.8) is 0 Å². The molecule has 0 saturated carbocycles. The van der Waals surface area contributed by atoms with E-state index in [2.05, 4.69) is 15.6 Å². The van der Waals surface area contributed by atoms with Crippen LogP contribution in [0.2, 0.25) is 0 Å². The number of aryl methyl sites for hydroxylation is 1. The van der Waals surface area contributed by atoms with Gasteiger partial charge in [-0.3, -0.25) is 4.79 Å². The van der Waals surface area contributed by atoms with Gasteiger partial charge in [-0.2, -0.15) is 0 Å². The van der Waals surface area contributed by atoms with Gasteiger partial charge in [-0.25, -0.2) is 4.98 Å². The number of nitrogens with zero attached hydrogens (tertiary/aromatic N) is 2. The lowest BCUT2D eigenvalue weighted by Gasteiger charge is -2.13. The third-order valence-corrected chi connectivity index (χ3v) is 4.39. The number of benzene rings is 2. The monoisotopic (exact) mass is 352 g/mol. The molecule has 3 rings (SSSR count). The van der Waals surface area contributed by atoms with E-state index in [9.17, 15) is 9.90 Å². The summed E-state index contributed by atoms with van der Waals surface area (Å²) in [5, 5.41) is 15.6. The molecule has 26 heavy (non-hydrogen) atoms. The zero-order chi connectivity index (χ0) is 18.7. The van der Waals surface area contributed by atoms with Crippen LogP contribution in [0.25, 0.3) is 11.0 Å². The molecule has 3 aromatic rings. The van der Waals surface area contributed by atoms with Crippen LogP contribution in [0.4, 0.5) is 11.6 Å². The predicted molar refractivity (Wildman–Crippen MR) is 104 cm³/mol. The molecule has 0 fully saturated rings. The van der Waals surface area contributed by atoms with Gasteiger partial charge in [0.2, 0.25) is 11.9 Å². The van der Waals surface area contributed by atoms with Crippen LogP contribution in [0, 0.1) is 13.8 Å². The summed E-state index contributed by atoms with van der Waals surface area (Å²) in [7, 11) is 0. The van der Waals surface area contributed by atoms with Gasteiger partial charge in [0.15, 0.2) is 0 Å². The Morgan fingerprint density at radius 2 is 1.96 bits per heavy atom. The summed E-state index contributed by atoms with van der Waals surface area (Å²) < 4.78 is 1.83. The molecule has 3 N–H and O–H groups in total. The topological polar surface area (TPSA) is 79.2 Å². The summed E-state index contributed by atoms with van der Waals surface area (Å²) in [5.74, 6) is 0.449. The van der Waals surface area contributed by atoms with Crippen LogP contribution < -0.4 is 10.6 Å². The minimum absolute atomic E-state index is 0.123. The van der Waals surface area contributed by atoms with E-state index in [1.807, 2.05) is 60.9 Å². The Labute approximate surface area is 152 Å². The Morgan fingerprint density at radius 3 is 2.73 bits per heavy atom. The number of imidazole rings is 1. The molecule has 1 amide bonds. The van der Waals surface area contributed by atoms with Gasteiger partial charge in [-0.15, -0.1) is 0 Å². The highest BCUT2D eigenvalue weighted by molar-refractivity contribution is 5.93. The molecule has 0 bridgehead atoms. The van der Waals surface area contributed by atoms with Crippen molar-refractivity contribution in [2.45, 2.75) is 33.4 Å². The number of aliphatic hydroxyl groups excluding tert-OH is 1. The van der Waals surface area contributed by atoms with Crippen LogP contribution in [0.1, 0.15) is 18.1 Å². The first-order valence-electron chi connectivity index (χ1n) is 8.69. The smallest absolute Gasteiger partial charge is 0.244 e. The summed E-state index contributed by atoms with van der Waals surface area (Å²) in [4.78, 5) is 17.2. The number of nitrogens with one attached hydrogen (secondary N) is 2. The summed E-state index contributed by atoms with van der Waals surface area (Å²) in [6.45, 7) is 6.21. The molecule has 0 aliphatic rings. The standard InChI is InChI=1S/C20H24N4O2/c1-13-7-6-9-16(15(13)3)22-19(26)12-24-18-10-5-4-8-17(18)23-20(24)21-11-14(2)25/h4-10,14,25H,11-12H2,1-3H3,(H,21,23)(H,22,26)/t14-/m0/s1. The first-order chi connectivity index (χ1) is 12.5. The Kier molecular flexibility index (Phi) is 5.23. The van der Waals surface area contributed by atoms with Crippen molar-refractivity contribution in [3.8, 4) is 0 Å². The van der Waals surface area contributed by atoms with Crippen molar-refractivity contribution in [1.82, 2.24) is 9.55 Å². The number of aromatic nitrogens is 2. The summed E-state index contributed by atoms with van der Waals surface area (Å²) in [6.07, 6.45) is -0.507. The zero-order valence-corrected chi connectivity index (χ0v) is 15.3. The van der Waals surface area contributed by atoms with Gasteiger partial charge in [0.25, 0.3) is 0 Å². The summed E-state index contributed by atoms with van der Waals surface area (Å²) in [5.41, 5.74) is 4.69. The molecule has 1 heterocycles. The van der Waals surface area contributed by atoms with Crippen LogP contribution in [-0.2, 0) is 11.3 Å². The van der Waals surface area contributed by atoms with Crippen molar-refractivity contribution in [2.24, 2.45) is 0 Å². The first-order valence-corrected chi connectivity index (χ1v) is 8.69. The van der Waals surface area contributed by atoms with Gasteiger partial charge in [0.05, 0.1) is 17.1 Å². The fraction of sp³-hybridized carbons (Fsp3) is 0.300. The summed E-state index contributed by atoms with van der Waals surface area (Å²) >= 11 is 0. The quantitative estimate of drug-likeness (QED) is 0.637. The number of aliphatic hydroxyl groups is 1. The van der Waals surface area contributed by atoms with E-state index < -0.39 is 6.10 Å². The second kappa shape index (κ2) is 7.58. The largest absolute Gasteiger partial charge is 0.392 e. The normalized spacial score (nSPS) is 12.2. The van der Waals surface area contributed by atoms with E-state index in [0.717, 1.165) is 27.8 Å². The van der Waals surface area contributed by atoms with Gasteiger partial charge in [-0.05, 0) is 50.1 Å². The number of anilines is 2. The zero-order valence-electron chi connectivity index (χ0n) is 15.3. The maximum atomic E-state index is 12.6. The fourth-order valence-corrected chi connectivity index (χ4v) is 2.83. The minimum Gasteiger partial charge on any atom is -0.392 e. The second-order valence-electron chi connectivity index (χ2n) is 6.54. The van der Waals surface area contributed by atoms with Gasteiger partial charge in [0, 0.05) is 12.2 Å². The first kappa shape index (κ1) is 17.9. The van der Waals surface area contributed by atoms with E-state index in [1.165, 1.54) is 0 Å². The van der Waals surface area contributed by atoms with E-state index in [4.69, 9.17) is 0 Å². The number of carbonyl (C=O) groups is 1. The number of fused-ring (bicyclic) bond motifs is 1. The van der Waals surface area contributed by atoms with Crippen LogP contribution in [0.15, 0.2) is 42.5 Å². The molecule has 0 radical (unpaired) electrons. The van der Waals surface area contributed by atoms with Crippen molar-refractivity contribution in [1.29, 1.82) is 0 Å². The predicted octanol–water partition coefficient (Wildman–Crippen LogP) is 3.08. The molecule has 0 unspecified atom stereocenters. The number of amides is 1. The molecule has 1 aromatic heterocycles. The molecule has 1 atom stereocenters. The number of hydrogen-bond donors (Lipinski definition) is 3. The molecular formula is C20H24N4O2. The lowest BCUT2D eigenvalue weighted by atomic mass is 10.1. The number of carbonyl (C=O) groups excluding carboxylic acids is 1. The van der Waals surface area contributed by atoms with Gasteiger partial charge in [-0.1, -0.05) is 24.3 Å². The molecule has 6 heteroatoms. The molecule has 6 nitrogen and oxygen atoms in total. The van der Waals surface area contributed by atoms with Crippen molar-refractivity contribution in [3.05, 3.63) is 53.6 Å². The fourth-order valence-electron chi connectivity index (χ4n) is 2.83. The minimum atomic E-state index is -0.507. The molecule has 2 aromatic carbocycles. The maximum Gasteiger partial charge on any atom is 0.244 e.